The molecule has 5 nitrogen and oxygen atoms in total. The minimum atomic E-state index is -0.520. The monoisotopic (exact) mass is 558 g/mol. The molecule has 0 atom stereocenters. The largest absolute Gasteiger partial charge is 0.489 e. The van der Waals surface area contributed by atoms with Crippen LogP contribution >= 0.6 is 11.6 Å². The molecule has 0 unspecified atom stereocenters. The van der Waals surface area contributed by atoms with Crippen LogP contribution in [0.5, 0.6) is 11.5 Å². The van der Waals surface area contributed by atoms with Crippen molar-refractivity contribution in [3.05, 3.63) is 142 Å². The van der Waals surface area contributed by atoms with E-state index >= 15 is 0 Å². The van der Waals surface area contributed by atoms with Crippen molar-refractivity contribution in [2.24, 2.45) is 0 Å². The number of hydrogen-bond donors (Lipinski definition) is 1. The molecule has 0 aliphatic heterocycles. The van der Waals surface area contributed by atoms with E-state index in [2.05, 4.69) is 23.5 Å². The van der Waals surface area contributed by atoms with Gasteiger partial charge in [-0.1, -0.05) is 90.0 Å². The molecule has 5 aromatic rings. The first-order valence-corrected chi connectivity index (χ1v) is 13.5. The topological polar surface area (TPSA) is 71.3 Å². The molecule has 0 aromatic heterocycles. The Morgan fingerprint density at radius 1 is 0.878 bits per heavy atom. The molecular formula is C35H27ClN2O3. The summed E-state index contributed by atoms with van der Waals surface area (Å²) in [4.78, 5) is 12.8. The molecule has 0 aliphatic rings. The summed E-state index contributed by atoms with van der Waals surface area (Å²) in [6.45, 7) is 2.85. The number of nitrogens with one attached hydrogen (secondary N) is 1. The minimum absolute atomic E-state index is 0.0508. The molecule has 6 heteroatoms. The van der Waals surface area contributed by atoms with Crippen molar-refractivity contribution in [2.75, 3.05) is 5.32 Å². The van der Waals surface area contributed by atoms with Crippen molar-refractivity contribution in [1.82, 2.24) is 0 Å². The van der Waals surface area contributed by atoms with Crippen LogP contribution in [0.3, 0.4) is 0 Å². The van der Waals surface area contributed by atoms with Crippen molar-refractivity contribution in [3.63, 3.8) is 0 Å². The highest BCUT2D eigenvalue weighted by atomic mass is 35.5. The standard InChI is InChI=1S/C35H27ClN2O3/c1-24-9-11-25(12-10-24)22-40-31-16-14-30(15-17-31)38-35(39)29(21-37)19-26-13-18-34(33(36)20-26)41-23-28-7-4-6-27-5-2-3-8-32(27)28/h2-20H,22-23H2,1H3,(H,38,39)/b29-19+. The molecule has 202 valence electrons. The van der Waals surface area contributed by atoms with Gasteiger partial charge >= 0.3 is 0 Å². The van der Waals surface area contributed by atoms with Crippen LogP contribution in [0.25, 0.3) is 16.8 Å². The summed E-state index contributed by atoms with van der Waals surface area (Å²) in [5, 5.41) is 15.1. The Balaban J connectivity index is 1.20. The second-order valence-corrected chi connectivity index (χ2v) is 9.95. The van der Waals surface area contributed by atoms with Crippen LogP contribution in [-0.2, 0) is 18.0 Å². The van der Waals surface area contributed by atoms with E-state index in [1.54, 1.807) is 42.5 Å². The molecule has 0 heterocycles. The third kappa shape index (κ3) is 7.13. The van der Waals surface area contributed by atoms with Gasteiger partial charge in [-0.2, -0.15) is 5.26 Å². The van der Waals surface area contributed by atoms with Crippen LogP contribution in [0.1, 0.15) is 22.3 Å². The molecular weight excluding hydrogens is 532 g/mol. The van der Waals surface area contributed by atoms with E-state index in [4.69, 9.17) is 21.1 Å². The van der Waals surface area contributed by atoms with E-state index in [1.807, 2.05) is 61.5 Å². The van der Waals surface area contributed by atoms with Crippen LogP contribution < -0.4 is 14.8 Å². The Morgan fingerprint density at radius 2 is 1.63 bits per heavy atom. The molecule has 0 bridgehead atoms. The van der Waals surface area contributed by atoms with Crippen molar-refractivity contribution in [2.45, 2.75) is 20.1 Å². The number of carbonyl (C=O) groups is 1. The second kappa shape index (κ2) is 12.9. The Morgan fingerprint density at radius 3 is 2.39 bits per heavy atom. The fourth-order valence-corrected chi connectivity index (χ4v) is 4.54. The van der Waals surface area contributed by atoms with Gasteiger partial charge in [0.2, 0.25) is 0 Å². The molecule has 41 heavy (non-hydrogen) atoms. The van der Waals surface area contributed by atoms with E-state index in [-0.39, 0.29) is 5.57 Å². The number of carbonyl (C=O) groups excluding carboxylic acids is 1. The van der Waals surface area contributed by atoms with Gasteiger partial charge in [0.05, 0.1) is 5.02 Å². The number of aryl methyl sites for hydroxylation is 1. The maximum Gasteiger partial charge on any atom is 0.266 e. The number of nitrogens with zero attached hydrogens (tertiary/aromatic N) is 1. The number of rotatable bonds is 9. The highest BCUT2D eigenvalue weighted by molar-refractivity contribution is 6.32. The van der Waals surface area contributed by atoms with Crippen LogP contribution in [0.15, 0.2) is 115 Å². The molecule has 0 saturated heterocycles. The Kier molecular flexibility index (Phi) is 8.64. The number of benzene rings is 5. The summed E-state index contributed by atoms with van der Waals surface area (Å²) in [6, 6.07) is 36.5. The predicted molar refractivity (Wildman–Crippen MR) is 164 cm³/mol. The van der Waals surface area contributed by atoms with E-state index in [1.165, 1.54) is 11.6 Å². The molecule has 1 N–H and O–H groups in total. The fourth-order valence-electron chi connectivity index (χ4n) is 4.30. The second-order valence-electron chi connectivity index (χ2n) is 9.54. The number of amides is 1. The lowest BCUT2D eigenvalue weighted by Gasteiger charge is -2.11. The minimum Gasteiger partial charge on any atom is -0.489 e. The summed E-state index contributed by atoms with van der Waals surface area (Å²) >= 11 is 6.49. The van der Waals surface area contributed by atoms with E-state index in [0.717, 1.165) is 21.9 Å². The molecule has 0 spiro atoms. The van der Waals surface area contributed by atoms with Crippen molar-refractivity contribution in [3.8, 4) is 17.6 Å². The zero-order valence-corrected chi connectivity index (χ0v) is 23.2. The van der Waals surface area contributed by atoms with Gasteiger partial charge in [0.15, 0.2) is 0 Å². The number of fused-ring (bicyclic) bond motifs is 1. The predicted octanol–water partition coefficient (Wildman–Crippen LogP) is 8.51. The number of halogens is 1. The zero-order chi connectivity index (χ0) is 28.6. The maximum absolute atomic E-state index is 12.8. The van der Waals surface area contributed by atoms with Gasteiger partial charge in [-0.3, -0.25) is 4.79 Å². The highest BCUT2D eigenvalue weighted by Crippen LogP contribution is 2.29. The summed E-state index contributed by atoms with van der Waals surface area (Å²) in [7, 11) is 0. The Hall–Kier alpha value is -5.05. The van der Waals surface area contributed by atoms with Gasteiger partial charge in [-0.25, -0.2) is 0 Å². The third-order valence-electron chi connectivity index (χ3n) is 6.53. The first-order valence-electron chi connectivity index (χ1n) is 13.1. The van der Waals surface area contributed by atoms with Crippen LogP contribution in [0.2, 0.25) is 5.02 Å². The van der Waals surface area contributed by atoms with E-state index in [0.29, 0.717) is 41.0 Å². The SMILES string of the molecule is Cc1ccc(COc2ccc(NC(=O)/C(C#N)=C/c3ccc(OCc4cccc5ccccc45)c(Cl)c3)cc2)cc1. The van der Waals surface area contributed by atoms with E-state index < -0.39 is 5.91 Å². The molecule has 0 fully saturated rings. The van der Waals surface area contributed by atoms with Crippen LogP contribution in [0.4, 0.5) is 5.69 Å². The van der Waals surface area contributed by atoms with Crippen LogP contribution in [0, 0.1) is 18.3 Å². The van der Waals surface area contributed by atoms with Gasteiger partial charge in [-0.15, -0.1) is 0 Å². The lowest BCUT2D eigenvalue weighted by atomic mass is 10.1. The van der Waals surface area contributed by atoms with Crippen molar-refractivity contribution < 1.29 is 14.3 Å². The molecule has 5 aromatic carbocycles. The number of nitriles is 1. The molecule has 0 saturated carbocycles. The Labute approximate surface area is 244 Å². The number of hydrogen-bond acceptors (Lipinski definition) is 4. The van der Waals surface area contributed by atoms with Gasteiger partial charge in [0.25, 0.3) is 5.91 Å². The molecule has 1 amide bonds. The fraction of sp³-hybridized carbons (Fsp3) is 0.0857. The smallest absolute Gasteiger partial charge is 0.266 e. The first kappa shape index (κ1) is 27.5. The number of anilines is 1. The molecule has 0 radical (unpaired) electrons. The third-order valence-corrected chi connectivity index (χ3v) is 6.83. The average Bonchev–Trinajstić information content (AvgIpc) is 3.00. The van der Waals surface area contributed by atoms with Crippen molar-refractivity contribution in [1.29, 1.82) is 5.26 Å². The van der Waals surface area contributed by atoms with E-state index in [9.17, 15) is 10.1 Å². The molecule has 0 aliphatic carbocycles. The normalized spacial score (nSPS) is 11.1. The summed E-state index contributed by atoms with van der Waals surface area (Å²) in [5.74, 6) is 0.676. The average molecular weight is 559 g/mol. The van der Waals surface area contributed by atoms with Gasteiger partial charge in [-0.05, 0) is 76.9 Å². The summed E-state index contributed by atoms with van der Waals surface area (Å²) in [5.41, 5.74) is 4.43. The van der Waals surface area contributed by atoms with Crippen LogP contribution in [-0.4, -0.2) is 5.91 Å². The lowest BCUT2D eigenvalue weighted by molar-refractivity contribution is -0.112. The highest BCUT2D eigenvalue weighted by Gasteiger charge is 2.11. The lowest BCUT2D eigenvalue weighted by Crippen LogP contribution is -2.13. The summed E-state index contributed by atoms with van der Waals surface area (Å²) in [6.07, 6.45) is 1.49. The quantitative estimate of drug-likeness (QED) is 0.145. The zero-order valence-electron chi connectivity index (χ0n) is 22.4. The maximum atomic E-state index is 12.8. The first-order chi connectivity index (χ1) is 20.0. The van der Waals surface area contributed by atoms with Gasteiger partial charge in [0, 0.05) is 5.69 Å². The molecule has 5 rings (SSSR count). The van der Waals surface area contributed by atoms with Gasteiger partial charge in [0.1, 0.15) is 36.4 Å². The van der Waals surface area contributed by atoms with Gasteiger partial charge < -0.3 is 14.8 Å². The number of ether oxygens (including phenoxy) is 2. The Bertz CT molecular complexity index is 1750. The van der Waals surface area contributed by atoms with Crippen molar-refractivity contribution >= 4 is 40.0 Å². The summed E-state index contributed by atoms with van der Waals surface area (Å²) < 4.78 is 11.8.